The van der Waals surface area contributed by atoms with E-state index in [1.54, 1.807) is 11.3 Å². The molecule has 0 aliphatic carbocycles. The molecule has 0 radical (unpaired) electrons. The summed E-state index contributed by atoms with van der Waals surface area (Å²) in [6.45, 7) is 0.769. The van der Waals surface area contributed by atoms with Gasteiger partial charge in [-0.15, -0.1) is 11.3 Å². The third-order valence-electron chi connectivity index (χ3n) is 2.32. The van der Waals surface area contributed by atoms with E-state index in [4.69, 9.17) is 4.74 Å². The second kappa shape index (κ2) is 4.61. The summed E-state index contributed by atoms with van der Waals surface area (Å²) in [5, 5.41) is 10.0. The average Bonchev–Trinajstić information content (AvgIpc) is 2.73. The van der Waals surface area contributed by atoms with Crippen molar-refractivity contribution in [2.75, 3.05) is 6.61 Å². The number of hydrogen-bond acceptors (Lipinski definition) is 3. The van der Waals surface area contributed by atoms with E-state index < -0.39 is 6.10 Å². The molecule has 0 amide bonds. The summed E-state index contributed by atoms with van der Waals surface area (Å²) in [7, 11) is 0. The van der Waals surface area contributed by atoms with Crippen molar-refractivity contribution in [2.45, 2.75) is 25.0 Å². The summed E-state index contributed by atoms with van der Waals surface area (Å²) in [4.78, 5) is 0. The van der Waals surface area contributed by atoms with Crippen LogP contribution in [-0.2, 0) is 4.74 Å². The second-order valence-electron chi connectivity index (χ2n) is 3.28. The van der Waals surface area contributed by atoms with E-state index in [2.05, 4.69) is 31.9 Å². The number of hydrogen-bond donors (Lipinski definition) is 1. The van der Waals surface area contributed by atoms with Crippen LogP contribution in [0, 0.1) is 0 Å². The lowest BCUT2D eigenvalue weighted by Crippen LogP contribution is -2.16. The van der Waals surface area contributed by atoms with Crippen LogP contribution >= 0.6 is 43.2 Å². The maximum Gasteiger partial charge on any atom is 0.107 e. The topological polar surface area (TPSA) is 29.5 Å². The molecule has 5 heteroatoms. The first kappa shape index (κ1) is 11.1. The van der Waals surface area contributed by atoms with Crippen molar-refractivity contribution in [1.82, 2.24) is 0 Å². The Kier molecular flexibility index (Phi) is 3.65. The maximum atomic E-state index is 10.0. The number of aliphatic hydroxyl groups excluding tert-OH is 1. The average molecular weight is 342 g/mol. The van der Waals surface area contributed by atoms with Gasteiger partial charge in [0.05, 0.1) is 13.7 Å². The third-order valence-corrected chi connectivity index (χ3v) is 4.70. The SMILES string of the molecule is OC(c1cc(Br)sc1Br)C1CCCO1. The monoisotopic (exact) mass is 340 g/mol. The fourth-order valence-electron chi connectivity index (χ4n) is 1.61. The Bertz CT molecular complexity index is 321. The van der Waals surface area contributed by atoms with Crippen LogP contribution in [0.5, 0.6) is 0 Å². The molecule has 1 aromatic rings. The molecular formula is C9H10Br2O2S. The number of thiophene rings is 1. The lowest BCUT2D eigenvalue weighted by atomic mass is 10.1. The smallest absolute Gasteiger partial charge is 0.107 e. The van der Waals surface area contributed by atoms with Crippen LogP contribution in [0.4, 0.5) is 0 Å². The first-order chi connectivity index (χ1) is 6.68. The molecule has 0 saturated carbocycles. The first-order valence-electron chi connectivity index (χ1n) is 4.43. The third kappa shape index (κ3) is 2.22. The minimum Gasteiger partial charge on any atom is -0.386 e. The van der Waals surface area contributed by atoms with Gasteiger partial charge in [-0.1, -0.05) is 0 Å². The van der Waals surface area contributed by atoms with Gasteiger partial charge in [0.1, 0.15) is 6.10 Å². The van der Waals surface area contributed by atoms with Crippen molar-refractivity contribution in [3.8, 4) is 0 Å². The van der Waals surface area contributed by atoms with Crippen LogP contribution in [0.3, 0.4) is 0 Å². The van der Waals surface area contributed by atoms with E-state index in [9.17, 15) is 5.11 Å². The summed E-state index contributed by atoms with van der Waals surface area (Å²) >= 11 is 8.41. The molecule has 1 saturated heterocycles. The Morgan fingerprint density at radius 3 is 2.86 bits per heavy atom. The molecule has 1 aliphatic heterocycles. The Labute approximate surface area is 104 Å². The normalized spacial score (nSPS) is 24.1. The van der Waals surface area contributed by atoms with E-state index >= 15 is 0 Å². The van der Waals surface area contributed by atoms with Crippen molar-refractivity contribution in [3.63, 3.8) is 0 Å². The Balaban J connectivity index is 2.17. The summed E-state index contributed by atoms with van der Waals surface area (Å²) in [5.41, 5.74) is 0.925. The van der Waals surface area contributed by atoms with Crippen molar-refractivity contribution in [3.05, 3.63) is 19.2 Å². The molecule has 1 fully saturated rings. The molecule has 2 atom stereocenters. The highest BCUT2D eigenvalue weighted by atomic mass is 79.9. The second-order valence-corrected chi connectivity index (χ2v) is 7.03. The van der Waals surface area contributed by atoms with Gasteiger partial charge in [-0.3, -0.25) is 0 Å². The van der Waals surface area contributed by atoms with Gasteiger partial charge >= 0.3 is 0 Å². The number of aliphatic hydroxyl groups is 1. The zero-order valence-electron chi connectivity index (χ0n) is 7.37. The van der Waals surface area contributed by atoms with Gasteiger partial charge in [0.25, 0.3) is 0 Å². The molecule has 2 rings (SSSR count). The van der Waals surface area contributed by atoms with Gasteiger partial charge in [-0.25, -0.2) is 0 Å². The van der Waals surface area contributed by atoms with E-state index in [0.29, 0.717) is 0 Å². The molecule has 1 aliphatic rings. The Hall–Kier alpha value is 0.580. The zero-order chi connectivity index (χ0) is 10.1. The Morgan fingerprint density at radius 2 is 2.36 bits per heavy atom. The van der Waals surface area contributed by atoms with E-state index in [1.807, 2.05) is 6.07 Å². The maximum absolute atomic E-state index is 10.0. The lowest BCUT2D eigenvalue weighted by Gasteiger charge is -2.16. The lowest BCUT2D eigenvalue weighted by molar-refractivity contribution is -0.00270. The summed E-state index contributed by atoms with van der Waals surface area (Å²) in [5.74, 6) is 0. The molecule has 0 aromatic carbocycles. The van der Waals surface area contributed by atoms with Gasteiger partial charge in [0.2, 0.25) is 0 Å². The quantitative estimate of drug-likeness (QED) is 0.892. The van der Waals surface area contributed by atoms with Crippen LogP contribution < -0.4 is 0 Å². The Morgan fingerprint density at radius 1 is 1.57 bits per heavy atom. The van der Waals surface area contributed by atoms with Crippen molar-refractivity contribution in [1.29, 1.82) is 0 Å². The highest BCUT2D eigenvalue weighted by molar-refractivity contribution is 9.12. The zero-order valence-corrected chi connectivity index (χ0v) is 11.4. The molecule has 0 spiro atoms. The van der Waals surface area contributed by atoms with Crippen molar-refractivity contribution >= 4 is 43.2 Å². The molecule has 0 bridgehead atoms. The first-order valence-corrected chi connectivity index (χ1v) is 6.83. The summed E-state index contributed by atoms with van der Waals surface area (Å²) in [6.07, 6.45) is 1.45. The van der Waals surface area contributed by atoms with Gasteiger partial charge in [0, 0.05) is 12.2 Å². The molecule has 1 N–H and O–H groups in total. The van der Waals surface area contributed by atoms with Crippen LogP contribution in [0.15, 0.2) is 13.6 Å². The molecular weight excluding hydrogens is 332 g/mol. The number of ether oxygens (including phenoxy) is 1. The number of halogens is 2. The van der Waals surface area contributed by atoms with Crippen LogP contribution in [0.2, 0.25) is 0 Å². The standard InChI is InChI=1S/C9H10Br2O2S/c10-7-4-5(9(11)14-7)8(12)6-2-1-3-13-6/h4,6,8,12H,1-3H2. The fourth-order valence-corrected chi connectivity index (χ4v) is 4.52. The largest absolute Gasteiger partial charge is 0.386 e. The highest BCUT2D eigenvalue weighted by Gasteiger charge is 2.27. The minimum absolute atomic E-state index is 0.0344. The highest BCUT2D eigenvalue weighted by Crippen LogP contribution is 2.38. The van der Waals surface area contributed by atoms with Crippen LogP contribution in [-0.4, -0.2) is 17.8 Å². The number of rotatable bonds is 2. The van der Waals surface area contributed by atoms with Gasteiger partial charge < -0.3 is 9.84 Å². The van der Waals surface area contributed by atoms with Gasteiger partial charge in [0.15, 0.2) is 0 Å². The summed E-state index contributed by atoms with van der Waals surface area (Å²) in [6, 6.07) is 1.95. The molecule has 2 nitrogen and oxygen atoms in total. The molecule has 14 heavy (non-hydrogen) atoms. The van der Waals surface area contributed by atoms with Crippen molar-refractivity contribution < 1.29 is 9.84 Å². The van der Waals surface area contributed by atoms with E-state index in [0.717, 1.165) is 32.6 Å². The van der Waals surface area contributed by atoms with Gasteiger partial charge in [-0.05, 0) is 50.8 Å². The van der Waals surface area contributed by atoms with Crippen LogP contribution in [0.25, 0.3) is 0 Å². The fraction of sp³-hybridized carbons (Fsp3) is 0.556. The molecule has 2 heterocycles. The van der Waals surface area contributed by atoms with E-state index in [1.165, 1.54) is 0 Å². The molecule has 2 unspecified atom stereocenters. The van der Waals surface area contributed by atoms with Crippen LogP contribution in [0.1, 0.15) is 24.5 Å². The minimum atomic E-state index is -0.505. The predicted octanol–water partition coefficient (Wildman–Crippen LogP) is 3.49. The van der Waals surface area contributed by atoms with Gasteiger partial charge in [-0.2, -0.15) is 0 Å². The predicted molar refractivity (Wildman–Crippen MR) is 63.7 cm³/mol. The van der Waals surface area contributed by atoms with Crippen molar-refractivity contribution in [2.24, 2.45) is 0 Å². The molecule has 1 aromatic heterocycles. The molecule has 78 valence electrons. The summed E-state index contributed by atoms with van der Waals surface area (Å²) < 4.78 is 7.46. The van der Waals surface area contributed by atoms with E-state index in [-0.39, 0.29) is 6.10 Å².